The lowest BCUT2D eigenvalue weighted by Crippen LogP contribution is -2.46. The largest absolute Gasteiger partial charge is 0.472 e. The second kappa shape index (κ2) is 46.2. The first-order valence-corrected chi connectivity index (χ1v) is 26.6. The predicted molar refractivity (Wildman–Crippen MR) is 254 cm³/mol. The van der Waals surface area contributed by atoms with Crippen molar-refractivity contribution in [3.8, 4) is 0 Å². The maximum absolute atomic E-state index is 12.8. The maximum atomic E-state index is 12.8. The van der Waals surface area contributed by atoms with Crippen LogP contribution in [-0.2, 0) is 18.4 Å². The van der Waals surface area contributed by atoms with E-state index in [-0.39, 0.29) is 25.7 Å². The summed E-state index contributed by atoms with van der Waals surface area (Å²) in [6, 6.07) is -0.779. The number of allylic oxidation sites excluding steroid dienone is 6. The van der Waals surface area contributed by atoms with Crippen LogP contribution in [0.5, 0.6) is 0 Å². The Balaban J connectivity index is 4.08. The van der Waals surface area contributed by atoms with Gasteiger partial charge in [0.15, 0.2) is 0 Å². The van der Waals surface area contributed by atoms with Crippen LogP contribution in [0, 0.1) is 0 Å². The van der Waals surface area contributed by atoms with E-state index >= 15 is 0 Å². The van der Waals surface area contributed by atoms with Crippen molar-refractivity contribution in [2.45, 2.75) is 257 Å². The molecule has 0 rings (SSSR count). The first kappa shape index (κ1) is 57.7. The minimum Gasteiger partial charge on any atom is -0.391 e. The van der Waals surface area contributed by atoms with Crippen LogP contribution in [0.1, 0.15) is 245 Å². The molecule has 0 aliphatic carbocycles. The monoisotopic (exact) mass is 853 g/mol. The summed E-state index contributed by atoms with van der Waals surface area (Å²) in [6.45, 7) is 4.21. The number of phosphoric acid groups is 1. The number of rotatable bonds is 47. The molecule has 0 bridgehead atoms. The zero-order chi connectivity index (χ0) is 43.2. The summed E-state index contributed by atoms with van der Waals surface area (Å²) in [4.78, 5) is 22.8. The van der Waals surface area contributed by atoms with Crippen LogP contribution in [0.15, 0.2) is 36.5 Å². The van der Waals surface area contributed by atoms with Gasteiger partial charge in [0.1, 0.15) is 0 Å². The SMILES string of the molecule is CCCCCCC/C=C\C/C=C\C/C=C\CCCCCCCCCCC(=O)NC(COP(=O)(O)OCCN)C(O)CCCCCCCCCCCCCCCCCCC. The molecule has 0 aromatic heterocycles. The zero-order valence-electron chi connectivity index (χ0n) is 38.7. The Labute approximate surface area is 365 Å². The van der Waals surface area contributed by atoms with E-state index in [1.165, 1.54) is 161 Å². The number of carbonyl (C=O) groups excluding carboxylic acids is 1. The van der Waals surface area contributed by atoms with Gasteiger partial charge in [0.05, 0.1) is 25.4 Å². The molecule has 348 valence electrons. The third kappa shape index (κ3) is 44.6. The smallest absolute Gasteiger partial charge is 0.391 e. The average molecular weight is 853 g/mol. The summed E-state index contributed by atoms with van der Waals surface area (Å²) < 4.78 is 22.3. The van der Waals surface area contributed by atoms with Crippen molar-refractivity contribution in [1.29, 1.82) is 0 Å². The highest BCUT2D eigenvalue weighted by Gasteiger charge is 2.27. The van der Waals surface area contributed by atoms with Crippen molar-refractivity contribution in [3.63, 3.8) is 0 Å². The van der Waals surface area contributed by atoms with E-state index in [9.17, 15) is 19.4 Å². The minimum absolute atomic E-state index is 0.0872. The van der Waals surface area contributed by atoms with E-state index in [1.807, 2.05) is 0 Å². The maximum Gasteiger partial charge on any atom is 0.472 e. The lowest BCUT2D eigenvalue weighted by Gasteiger charge is -2.25. The van der Waals surface area contributed by atoms with Gasteiger partial charge >= 0.3 is 7.82 Å². The number of nitrogens with one attached hydrogen (secondary N) is 1. The Bertz CT molecular complexity index is 1020. The van der Waals surface area contributed by atoms with Crippen LogP contribution in [0.4, 0.5) is 0 Å². The van der Waals surface area contributed by atoms with Gasteiger partial charge < -0.3 is 21.1 Å². The number of hydrogen-bond donors (Lipinski definition) is 4. The third-order valence-corrected chi connectivity index (χ3v) is 12.2. The fourth-order valence-electron chi connectivity index (χ4n) is 7.44. The van der Waals surface area contributed by atoms with Crippen molar-refractivity contribution < 1.29 is 28.4 Å². The van der Waals surface area contributed by atoms with Crippen molar-refractivity contribution in [3.05, 3.63) is 36.5 Å². The van der Waals surface area contributed by atoms with Crippen LogP contribution in [-0.4, -0.2) is 47.8 Å². The molecule has 8 nitrogen and oxygen atoms in total. The van der Waals surface area contributed by atoms with Gasteiger partial charge in [0, 0.05) is 13.0 Å². The Morgan fingerprint density at radius 3 is 1.36 bits per heavy atom. The lowest BCUT2D eigenvalue weighted by molar-refractivity contribution is -0.123. The molecule has 0 aromatic carbocycles. The lowest BCUT2D eigenvalue weighted by atomic mass is 10.0. The molecule has 0 aromatic rings. The van der Waals surface area contributed by atoms with Crippen LogP contribution in [0.2, 0.25) is 0 Å². The molecule has 0 heterocycles. The van der Waals surface area contributed by atoms with Crippen LogP contribution in [0.25, 0.3) is 0 Å². The Hall–Kier alpha value is -1.28. The van der Waals surface area contributed by atoms with Gasteiger partial charge in [0.2, 0.25) is 5.91 Å². The normalized spacial score (nSPS) is 14.2. The molecule has 0 spiro atoms. The number of hydrogen-bond acceptors (Lipinski definition) is 6. The van der Waals surface area contributed by atoms with Crippen LogP contribution >= 0.6 is 7.82 Å². The molecule has 0 aliphatic heterocycles. The fraction of sp³-hybridized carbons (Fsp3) is 0.860. The van der Waals surface area contributed by atoms with Gasteiger partial charge in [-0.3, -0.25) is 13.8 Å². The van der Waals surface area contributed by atoms with E-state index in [0.29, 0.717) is 12.8 Å². The third-order valence-electron chi connectivity index (χ3n) is 11.2. The first-order valence-electron chi connectivity index (χ1n) is 25.1. The molecule has 0 fully saturated rings. The van der Waals surface area contributed by atoms with Gasteiger partial charge in [-0.25, -0.2) is 4.57 Å². The molecule has 1 amide bonds. The average Bonchev–Trinajstić information content (AvgIpc) is 3.22. The van der Waals surface area contributed by atoms with Crippen molar-refractivity contribution in [2.75, 3.05) is 19.8 Å². The highest BCUT2D eigenvalue weighted by Crippen LogP contribution is 2.43. The van der Waals surface area contributed by atoms with Gasteiger partial charge in [-0.1, -0.05) is 224 Å². The van der Waals surface area contributed by atoms with E-state index in [1.54, 1.807) is 0 Å². The molecule has 9 heteroatoms. The fourth-order valence-corrected chi connectivity index (χ4v) is 8.20. The number of aliphatic hydroxyl groups excluding tert-OH is 1. The molecule has 3 unspecified atom stereocenters. The standard InChI is InChI=1S/C50H97N2O6P/c1-3-5-7-9-11-13-15-17-19-21-22-23-24-25-26-28-30-32-34-36-38-40-42-44-50(54)52-48(47-58-59(55,56)57-46-45-51)49(53)43-41-39-37-35-33-31-29-27-20-18-16-14-12-10-8-6-4-2/h15,17,21-22,24-25,48-49,53H,3-14,16,18-20,23,26-47,51H2,1-2H3,(H,52,54)(H,55,56)/b17-15-,22-21-,25-24-. The molecule has 0 saturated carbocycles. The number of unbranched alkanes of at least 4 members (excludes halogenated alkanes) is 29. The van der Waals surface area contributed by atoms with Crippen molar-refractivity contribution in [1.82, 2.24) is 5.32 Å². The number of amides is 1. The molecule has 59 heavy (non-hydrogen) atoms. The molecular weight excluding hydrogens is 756 g/mol. The van der Waals surface area contributed by atoms with E-state index < -0.39 is 20.0 Å². The first-order chi connectivity index (χ1) is 28.9. The highest BCUT2D eigenvalue weighted by atomic mass is 31.2. The van der Waals surface area contributed by atoms with E-state index in [0.717, 1.165) is 57.8 Å². The van der Waals surface area contributed by atoms with Crippen LogP contribution < -0.4 is 11.1 Å². The van der Waals surface area contributed by atoms with Gasteiger partial charge in [-0.05, 0) is 51.4 Å². The summed E-state index contributed by atoms with van der Waals surface area (Å²) >= 11 is 0. The summed E-state index contributed by atoms with van der Waals surface area (Å²) in [7, 11) is -4.32. The molecule has 0 saturated heterocycles. The quantitative estimate of drug-likeness (QED) is 0.0272. The molecule has 5 N–H and O–H groups in total. The Morgan fingerprint density at radius 1 is 0.559 bits per heavy atom. The zero-order valence-corrected chi connectivity index (χ0v) is 39.6. The van der Waals surface area contributed by atoms with Gasteiger partial charge in [-0.2, -0.15) is 0 Å². The number of phosphoric ester groups is 1. The Kier molecular flexibility index (Phi) is 45.2. The second-order valence-corrected chi connectivity index (χ2v) is 18.5. The van der Waals surface area contributed by atoms with Crippen molar-refractivity contribution >= 4 is 13.7 Å². The molecule has 0 aliphatic rings. The van der Waals surface area contributed by atoms with Gasteiger partial charge in [-0.15, -0.1) is 0 Å². The summed E-state index contributed by atoms with van der Waals surface area (Å²) in [6.07, 6.45) is 55.8. The topological polar surface area (TPSA) is 131 Å². The predicted octanol–water partition coefficient (Wildman–Crippen LogP) is 14.7. The molecular formula is C50H97N2O6P. The minimum atomic E-state index is -4.32. The number of nitrogens with two attached hydrogens (primary N) is 1. The molecule has 3 atom stereocenters. The second-order valence-electron chi connectivity index (χ2n) is 17.0. The molecule has 0 radical (unpaired) electrons. The van der Waals surface area contributed by atoms with Gasteiger partial charge in [0.25, 0.3) is 0 Å². The van der Waals surface area contributed by atoms with E-state index in [2.05, 4.69) is 55.6 Å². The van der Waals surface area contributed by atoms with Crippen LogP contribution in [0.3, 0.4) is 0 Å². The van der Waals surface area contributed by atoms with E-state index in [4.69, 9.17) is 14.8 Å². The highest BCUT2D eigenvalue weighted by molar-refractivity contribution is 7.47. The summed E-state index contributed by atoms with van der Waals surface area (Å²) in [5.41, 5.74) is 5.40. The Morgan fingerprint density at radius 2 is 0.932 bits per heavy atom. The van der Waals surface area contributed by atoms with Crippen molar-refractivity contribution in [2.24, 2.45) is 5.73 Å². The number of carbonyl (C=O) groups is 1. The number of aliphatic hydroxyl groups is 1. The summed E-state index contributed by atoms with van der Waals surface area (Å²) in [5, 5.41) is 13.9. The summed E-state index contributed by atoms with van der Waals surface area (Å²) in [5.74, 6) is -0.167.